The lowest BCUT2D eigenvalue weighted by molar-refractivity contribution is -0.115. The van der Waals surface area contributed by atoms with Crippen molar-refractivity contribution in [2.24, 2.45) is 0 Å². The van der Waals surface area contributed by atoms with E-state index >= 15 is 0 Å². The van der Waals surface area contributed by atoms with E-state index in [2.05, 4.69) is 20.6 Å². The van der Waals surface area contributed by atoms with Crippen molar-refractivity contribution < 1.29 is 17.9 Å². The van der Waals surface area contributed by atoms with Crippen LogP contribution in [0, 0.1) is 13.8 Å². The Kier molecular flexibility index (Phi) is 8.08. The van der Waals surface area contributed by atoms with Gasteiger partial charge in [0.05, 0.1) is 23.5 Å². The molecule has 0 aliphatic rings. The maximum absolute atomic E-state index is 12.8. The molecule has 1 aromatic heterocycles. The number of carbonyl (C=O) groups excluding carboxylic acids is 1. The Bertz CT molecular complexity index is 1320. The molecule has 2 aromatic carbocycles. The highest BCUT2D eigenvalue weighted by atomic mass is 32.2. The lowest BCUT2D eigenvalue weighted by atomic mass is 10.1. The fourth-order valence-corrected chi connectivity index (χ4v) is 4.44. The van der Waals surface area contributed by atoms with Crippen LogP contribution in [0.3, 0.4) is 0 Å². The lowest BCUT2D eigenvalue weighted by Crippen LogP contribution is -2.32. The molecular formula is C24H24N4O4S2. The van der Waals surface area contributed by atoms with Crippen molar-refractivity contribution in [1.82, 2.24) is 15.3 Å². The van der Waals surface area contributed by atoms with Gasteiger partial charge in [-0.2, -0.15) is 4.98 Å². The summed E-state index contributed by atoms with van der Waals surface area (Å²) in [5.41, 5.74) is 2.91. The number of ether oxygens (including phenoxy) is 1. The van der Waals surface area contributed by atoms with Crippen LogP contribution in [-0.2, 0) is 20.4 Å². The zero-order valence-corrected chi connectivity index (χ0v) is 20.5. The molecule has 10 heteroatoms. The van der Waals surface area contributed by atoms with Crippen molar-refractivity contribution in [3.05, 3.63) is 83.3 Å². The number of amides is 1. The van der Waals surface area contributed by atoms with Crippen molar-refractivity contribution in [1.29, 1.82) is 0 Å². The minimum atomic E-state index is -3.64. The highest BCUT2D eigenvalue weighted by molar-refractivity contribution is 7.90. The summed E-state index contributed by atoms with van der Waals surface area (Å²) in [5.74, 6) is 0.0594. The second kappa shape index (κ2) is 11.0. The van der Waals surface area contributed by atoms with Gasteiger partial charge in [0, 0.05) is 17.8 Å². The molecule has 8 nitrogen and oxygen atoms in total. The van der Waals surface area contributed by atoms with Gasteiger partial charge in [-0.05, 0) is 62.0 Å². The van der Waals surface area contributed by atoms with Crippen LogP contribution in [0.2, 0.25) is 0 Å². The molecular weight excluding hydrogens is 472 g/mol. The van der Waals surface area contributed by atoms with E-state index in [-0.39, 0.29) is 21.7 Å². The molecule has 0 unspecified atom stereocenters. The average Bonchev–Trinajstić information content (AvgIpc) is 2.78. The Hall–Kier alpha value is -3.63. The van der Waals surface area contributed by atoms with Gasteiger partial charge in [0.25, 0.3) is 0 Å². The van der Waals surface area contributed by atoms with E-state index < -0.39 is 9.84 Å². The van der Waals surface area contributed by atoms with E-state index in [0.717, 1.165) is 11.1 Å². The first-order valence-corrected chi connectivity index (χ1v) is 12.3. The standard InChI is InChI=1S/C24H24N4O4S2/c1-16-4-6-18(7-5-16)8-13-22(29)28-24(33)27-19-9-11-21(12-10-19)34(30,31)15-20-14-23(32-3)26-17(2)25-20/h4-14H,15H2,1-3H3,(H2,27,28,29,33)/b13-8+. The molecule has 3 rings (SSSR count). The SMILES string of the molecule is COc1cc(CS(=O)(=O)c2ccc(NC(=S)NC(=O)/C=C/c3ccc(C)cc3)cc2)nc(C)n1. The number of methoxy groups -OCH3 is 1. The van der Waals surface area contributed by atoms with E-state index in [1.807, 2.05) is 31.2 Å². The Morgan fingerprint density at radius 1 is 1.06 bits per heavy atom. The van der Waals surface area contributed by atoms with Crippen LogP contribution in [-0.4, -0.2) is 36.5 Å². The predicted molar refractivity (Wildman–Crippen MR) is 135 cm³/mol. The number of hydrogen-bond acceptors (Lipinski definition) is 7. The van der Waals surface area contributed by atoms with Gasteiger partial charge in [-0.3, -0.25) is 10.1 Å². The Morgan fingerprint density at radius 3 is 2.38 bits per heavy atom. The molecule has 0 radical (unpaired) electrons. The van der Waals surface area contributed by atoms with Gasteiger partial charge in [-0.1, -0.05) is 29.8 Å². The quantitative estimate of drug-likeness (QED) is 0.377. The van der Waals surface area contributed by atoms with Gasteiger partial charge in [-0.25, -0.2) is 13.4 Å². The largest absolute Gasteiger partial charge is 0.481 e. The summed E-state index contributed by atoms with van der Waals surface area (Å²) in [7, 11) is -2.18. The number of benzene rings is 2. The number of aryl methyl sites for hydroxylation is 2. The third-order valence-corrected chi connectivity index (χ3v) is 6.50. The van der Waals surface area contributed by atoms with Crippen LogP contribution in [0.25, 0.3) is 6.08 Å². The number of thiocarbonyl (C=S) groups is 1. The summed E-state index contributed by atoms with van der Waals surface area (Å²) in [5, 5.41) is 5.51. The third kappa shape index (κ3) is 7.19. The highest BCUT2D eigenvalue weighted by Gasteiger charge is 2.17. The van der Waals surface area contributed by atoms with Crippen molar-refractivity contribution in [3.8, 4) is 5.88 Å². The van der Waals surface area contributed by atoms with Crippen LogP contribution in [0.4, 0.5) is 5.69 Å². The Morgan fingerprint density at radius 2 is 1.74 bits per heavy atom. The summed E-state index contributed by atoms with van der Waals surface area (Å²) in [4.78, 5) is 20.4. The molecule has 1 heterocycles. The molecule has 0 atom stereocenters. The Labute approximate surface area is 204 Å². The molecule has 0 saturated heterocycles. The highest BCUT2D eigenvalue weighted by Crippen LogP contribution is 2.20. The van der Waals surface area contributed by atoms with E-state index in [1.165, 1.54) is 31.4 Å². The normalized spacial score (nSPS) is 11.3. The zero-order valence-electron chi connectivity index (χ0n) is 18.9. The molecule has 176 valence electrons. The number of aromatic nitrogens is 2. The molecule has 0 aliphatic carbocycles. The van der Waals surface area contributed by atoms with Gasteiger partial charge in [-0.15, -0.1) is 0 Å². The topological polar surface area (TPSA) is 110 Å². The Balaban J connectivity index is 1.59. The van der Waals surface area contributed by atoms with Gasteiger partial charge in [0.2, 0.25) is 11.8 Å². The van der Waals surface area contributed by atoms with E-state index in [0.29, 0.717) is 23.1 Å². The van der Waals surface area contributed by atoms with E-state index in [4.69, 9.17) is 17.0 Å². The maximum Gasteiger partial charge on any atom is 0.250 e. The fourth-order valence-electron chi connectivity index (χ4n) is 2.97. The lowest BCUT2D eigenvalue weighted by Gasteiger charge is -2.10. The number of nitrogens with zero attached hydrogens (tertiary/aromatic N) is 2. The van der Waals surface area contributed by atoms with Crippen molar-refractivity contribution in [3.63, 3.8) is 0 Å². The minimum Gasteiger partial charge on any atom is -0.481 e. The summed E-state index contributed by atoms with van der Waals surface area (Å²) in [6, 6.07) is 15.3. The smallest absolute Gasteiger partial charge is 0.250 e. The van der Waals surface area contributed by atoms with Crippen LogP contribution in [0.1, 0.15) is 22.6 Å². The zero-order chi connectivity index (χ0) is 24.7. The number of sulfone groups is 1. The average molecular weight is 497 g/mol. The van der Waals surface area contributed by atoms with Gasteiger partial charge >= 0.3 is 0 Å². The number of nitrogens with one attached hydrogen (secondary N) is 2. The third-order valence-electron chi connectivity index (χ3n) is 4.63. The summed E-state index contributed by atoms with van der Waals surface area (Å²) in [6.07, 6.45) is 3.07. The number of hydrogen-bond donors (Lipinski definition) is 2. The number of carbonyl (C=O) groups is 1. The molecule has 0 spiro atoms. The first kappa shape index (κ1) is 25.0. The molecule has 2 N–H and O–H groups in total. The van der Waals surface area contributed by atoms with Crippen molar-refractivity contribution in [2.75, 3.05) is 12.4 Å². The first-order chi connectivity index (χ1) is 16.1. The molecule has 1 amide bonds. The second-order valence-corrected chi connectivity index (χ2v) is 9.82. The molecule has 34 heavy (non-hydrogen) atoms. The predicted octanol–water partition coefficient (Wildman–Crippen LogP) is 3.60. The maximum atomic E-state index is 12.8. The second-order valence-electron chi connectivity index (χ2n) is 7.42. The van der Waals surface area contributed by atoms with Crippen molar-refractivity contribution >= 4 is 44.8 Å². The number of rotatable bonds is 7. The summed E-state index contributed by atoms with van der Waals surface area (Å²) in [6.45, 7) is 3.65. The van der Waals surface area contributed by atoms with Gasteiger partial charge < -0.3 is 10.1 Å². The van der Waals surface area contributed by atoms with Gasteiger partial charge in [0.1, 0.15) is 5.82 Å². The van der Waals surface area contributed by atoms with Crippen LogP contribution >= 0.6 is 12.2 Å². The molecule has 0 aliphatic heterocycles. The van der Waals surface area contributed by atoms with Crippen LogP contribution in [0.15, 0.2) is 65.6 Å². The summed E-state index contributed by atoms with van der Waals surface area (Å²) >= 11 is 5.17. The molecule has 0 fully saturated rings. The molecule has 0 saturated carbocycles. The fraction of sp³-hybridized carbons (Fsp3) is 0.167. The monoisotopic (exact) mass is 496 g/mol. The van der Waals surface area contributed by atoms with Crippen LogP contribution in [0.5, 0.6) is 5.88 Å². The molecule has 0 bridgehead atoms. The van der Waals surface area contributed by atoms with Crippen LogP contribution < -0.4 is 15.4 Å². The van der Waals surface area contributed by atoms with Crippen molar-refractivity contribution in [2.45, 2.75) is 24.5 Å². The summed E-state index contributed by atoms with van der Waals surface area (Å²) < 4.78 is 30.7. The first-order valence-electron chi connectivity index (χ1n) is 10.2. The van der Waals surface area contributed by atoms with E-state index in [9.17, 15) is 13.2 Å². The molecule has 3 aromatic rings. The van der Waals surface area contributed by atoms with E-state index in [1.54, 1.807) is 25.1 Å². The minimum absolute atomic E-state index is 0.0951. The van der Waals surface area contributed by atoms with Gasteiger partial charge in [0.15, 0.2) is 14.9 Å². The number of anilines is 1.